The molecule has 7 nitrogen and oxygen atoms in total. The minimum Gasteiger partial charge on any atom is -0.370 e. The number of aromatic nitrogens is 2. The molecule has 0 spiro atoms. The van der Waals surface area contributed by atoms with E-state index in [1.165, 1.54) is 15.9 Å². The number of halogens is 1. The molecule has 1 N–H and O–H groups in total. The lowest BCUT2D eigenvalue weighted by atomic mass is 9.94. The fourth-order valence-corrected chi connectivity index (χ4v) is 6.32. The van der Waals surface area contributed by atoms with Gasteiger partial charge in [0.05, 0.1) is 23.3 Å². The summed E-state index contributed by atoms with van der Waals surface area (Å²) in [5, 5.41) is 5.80. The van der Waals surface area contributed by atoms with Crippen LogP contribution >= 0.6 is 22.9 Å². The second-order valence-electron chi connectivity index (χ2n) is 9.97. The highest BCUT2D eigenvalue weighted by molar-refractivity contribution is 7.18. The summed E-state index contributed by atoms with van der Waals surface area (Å²) in [4.78, 5) is 42.4. The van der Waals surface area contributed by atoms with E-state index in [0.717, 1.165) is 25.8 Å². The van der Waals surface area contributed by atoms with Crippen LogP contribution in [0.4, 0.5) is 5.69 Å². The molecular formula is C29H24ClN3O4S. The molecule has 0 unspecified atom stereocenters. The van der Waals surface area contributed by atoms with Gasteiger partial charge in [-0.3, -0.25) is 14.2 Å². The first-order valence-electron chi connectivity index (χ1n) is 12.2. The number of fused-ring (bicyclic) bond motifs is 4. The Bertz CT molecular complexity index is 1850. The molecule has 38 heavy (non-hydrogen) atoms. The first kappa shape index (κ1) is 24.6. The Morgan fingerprint density at radius 1 is 1.05 bits per heavy atom. The minimum absolute atomic E-state index is 0.254. The molecule has 0 atom stereocenters. The van der Waals surface area contributed by atoms with Crippen LogP contribution in [0.15, 0.2) is 76.3 Å². The van der Waals surface area contributed by atoms with Gasteiger partial charge in [0.15, 0.2) is 0 Å². The molecule has 1 aliphatic rings. The first-order valence-corrected chi connectivity index (χ1v) is 13.4. The van der Waals surface area contributed by atoms with Gasteiger partial charge in [-0.2, -0.15) is 0 Å². The Kier molecular flexibility index (Phi) is 5.98. The lowest BCUT2D eigenvalue weighted by molar-refractivity contribution is -0.116. The van der Waals surface area contributed by atoms with Crippen molar-refractivity contribution < 1.29 is 9.53 Å². The zero-order valence-electron chi connectivity index (χ0n) is 20.8. The molecule has 192 valence electrons. The zero-order valence-corrected chi connectivity index (χ0v) is 22.4. The second kappa shape index (κ2) is 9.23. The van der Waals surface area contributed by atoms with Crippen molar-refractivity contribution in [1.82, 2.24) is 9.13 Å². The summed E-state index contributed by atoms with van der Waals surface area (Å²) in [6, 6.07) is 19.9. The van der Waals surface area contributed by atoms with E-state index in [4.69, 9.17) is 16.3 Å². The van der Waals surface area contributed by atoms with Crippen LogP contribution < -0.4 is 16.6 Å². The number of nitrogens with zero attached hydrogens (tertiary/aromatic N) is 2. The van der Waals surface area contributed by atoms with Gasteiger partial charge in [-0.15, -0.1) is 11.3 Å². The molecule has 9 heteroatoms. The number of ether oxygens (including phenoxy) is 1. The molecule has 5 aromatic rings. The normalized spacial score (nSPS) is 14.5. The largest absolute Gasteiger partial charge is 0.370 e. The first-order chi connectivity index (χ1) is 18.2. The van der Waals surface area contributed by atoms with Gasteiger partial charge in [-0.25, -0.2) is 9.36 Å². The highest BCUT2D eigenvalue weighted by Gasteiger charge is 2.32. The lowest BCUT2D eigenvalue weighted by Gasteiger charge is -2.29. The SMILES string of the molecule is CC1(C)Cc2c(sc3c2c(=O)n(-c2ccc(Cl)cc2)c(=O)n3CC(=O)Nc2cccc3ccccc23)CO1. The van der Waals surface area contributed by atoms with Crippen molar-refractivity contribution in [1.29, 1.82) is 0 Å². The van der Waals surface area contributed by atoms with E-state index in [1.54, 1.807) is 24.3 Å². The van der Waals surface area contributed by atoms with Crippen molar-refractivity contribution in [3.05, 3.63) is 103 Å². The Morgan fingerprint density at radius 3 is 2.58 bits per heavy atom. The quantitative estimate of drug-likeness (QED) is 0.323. The summed E-state index contributed by atoms with van der Waals surface area (Å²) in [7, 11) is 0. The van der Waals surface area contributed by atoms with Crippen LogP contribution in [0.1, 0.15) is 24.3 Å². The molecule has 3 heterocycles. The third-order valence-electron chi connectivity index (χ3n) is 6.80. The highest BCUT2D eigenvalue weighted by atomic mass is 35.5. The van der Waals surface area contributed by atoms with Gasteiger partial charge in [-0.1, -0.05) is 48.0 Å². The van der Waals surface area contributed by atoms with Crippen LogP contribution in [-0.4, -0.2) is 20.6 Å². The number of thiophene rings is 1. The molecule has 3 aromatic carbocycles. The van der Waals surface area contributed by atoms with E-state index in [9.17, 15) is 14.4 Å². The smallest absolute Gasteiger partial charge is 0.337 e. The van der Waals surface area contributed by atoms with E-state index in [1.807, 2.05) is 56.3 Å². The fourth-order valence-electron chi connectivity index (χ4n) is 4.98. The third-order valence-corrected chi connectivity index (χ3v) is 8.28. The van der Waals surface area contributed by atoms with Crippen molar-refractivity contribution >= 4 is 55.5 Å². The van der Waals surface area contributed by atoms with Crippen molar-refractivity contribution in [2.75, 3.05) is 5.32 Å². The van der Waals surface area contributed by atoms with Crippen LogP contribution in [0.5, 0.6) is 0 Å². The Labute approximate surface area is 226 Å². The van der Waals surface area contributed by atoms with Crippen molar-refractivity contribution in [3.63, 3.8) is 0 Å². The number of benzene rings is 3. The molecule has 0 fully saturated rings. The van der Waals surface area contributed by atoms with E-state index in [-0.39, 0.29) is 12.5 Å². The monoisotopic (exact) mass is 545 g/mol. The van der Waals surface area contributed by atoms with Crippen LogP contribution in [-0.2, 0) is 29.1 Å². The van der Waals surface area contributed by atoms with Gasteiger partial charge in [0, 0.05) is 27.4 Å². The second-order valence-corrected chi connectivity index (χ2v) is 11.5. The van der Waals surface area contributed by atoms with E-state index in [2.05, 4.69) is 5.32 Å². The summed E-state index contributed by atoms with van der Waals surface area (Å²) in [5.41, 5.74) is 0.470. The van der Waals surface area contributed by atoms with E-state index >= 15 is 0 Å². The summed E-state index contributed by atoms with van der Waals surface area (Å²) in [6.07, 6.45) is 0.526. The van der Waals surface area contributed by atoms with Gasteiger partial charge >= 0.3 is 5.69 Å². The van der Waals surface area contributed by atoms with Gasteiger partial charge in [0.25, 0.3) is 5.56 Å². The Hall–Kier alpha value is -3.72. The topological polar surface area (TPSA) is 82.3 Å². The van der Waals surface area contributed by atoms with E-state index in [0.29, 0.717) is 39.6 Å². The average molecular weight is 546 g/mol. The number of hydrogen-bond donors (Lipinski definition) is 1. The molecule has 0 saturated carbocycles. The number of hydrogen-bond acceptors (Lipinski definition) is 5. The molecule has 1 aliphatic heterocycles. The summed E-state index contributed by atoms with van der Waals surface area (Å²) >= 11 is 7.40. The predicted octanol–water partition coefficient (Wildman–Crippen LogP) is 5.51. The number of anilines is 1. The molecule has 0 bridgehead atoms. The summed E-state index contributed by atoms with van der Waals surface area (Å²) in [6.45, 7) is 4.05. The van der Waals surface area contributed by atoms with Crippen LogP contribution in [0.2, 0.25) is 5.02 Å². The molecule has 6 rings (SSSR count). The number of nitrogens with one attached hydrogen (secondary N) is 1. The molecular weight excluding hydrogens is 522 g/mol. The van der Waals surface area contributed by atoms with Gasteiger partial charge < -0.3 is 10.1 Å². The Morgan fingerprint density at radius 2 is 1.79 bits per heavy atom. The van der Waals surface area contributed by atoms with Gasteiger partial charge in [0.2, 0.25) is 5.91 Å². The number of carbonyl (C=O) groups excluding carboxylic acids is 1. The van der Waals surface area contributed by atoms with Crippen LogP contribution in [0, 0.1) is 0 Å². The minimum atomic E-state index is -0.586. The van der Waals surface area contributed by atoms with Crippen molar-refractivity contribution in [3.8, 4) is 5.69 Å². The van der Waals surface area contributed by atoms with Crippen molar-refractivity contribution in [2.45, 2.75) is 39.0 Å². The molecule has 0 aliphatic carbocycles. The van der Waals surface area contributed by atoms with Crippen LogP contribution in [0.3, 0.4) is 0 Å². The van der Waals surface area contributed by atoms with Gasteiger partial charge in [-0.05, 0) is 55.1 Å². The summed E-state index contributed by atoms with van der Waals surface area (Å²) in [5.74, 6) is -0.367. The average Bonchev–Trinajstić information content (AvgIpc) is 3.26. The predicted molar refractivity (Wildman–Crippen MR) is 152 cm³/mol. The van der Waals surface area contributed by atoms with Gasteiger partial charge in [0.1, 0.15) is 11.4 Å². The fraction of sp³-hybridized carbons (Fsp3) is 0.207. The maximum atomic E-state index is 13.8. The molecule has 0 radical (unpaired) electrons. The highest BCUT2D eigenvalue weighted by Crippen LogP contribution is 2.37. The third kappa shape index (κ3) is 4.24. The molecule has 1 amide bonds. The number of carbonyl (C=O) groups is 1. The number of rotatable bonds is 4. The molecule has 0 saturated heterocycles. The maximum Gasteiger partial charge on any atom is 0.337 e. The molecule has 2 aromatic heterocycles. The standard InChI is InChI=1S/C29H24ClN3O4S/c1-29(2)14-21-23(16-37-29)38-27-25(21)26(35)33(19-12-10-18(30)11-13-19)28(36)32(27)15-24(34)31-22-9-5-7-17-6-3-4-8-20(17)22/h3-13H,14-16H2,1-2H3,(H,31,34). The summed E-state index contributed by atoms with van der Waals surface area (Å²) < 4.78 is 8.50. The van der Waals surface area contributed by atoms with Crippen LogP contribution in [0.25, 0.3) is 26.7 Å². The zero-order chi connectivity index (χ0) is 26.6. The Balaban J connectivity index is 1.51. The number of amides is 1. The van der Waals surface area contributed by atoms with E-state index < -0.39 is 16.9 Å². The lowest BCUT2D eigenvalue weighted by Crippen LogP contribution is -2.41. The maximum absolute atomic E-state index is 13.8. The van der Waals surface area contributed by atoms with Crippen molar-refractivity contribution in [2.24, 2.45) is 0 Å².